The van der Waals surface area contributed by atoms with Crippen molar-refractivity contribution in [1.82, 2.24) is 4.90 Å². The second-order valence-electron chi connectivity index (χ2n) is 11.3. The second-order valence-corrected chi connectivity index (χ2v) is 11.3. The van der Waals surface area contributed by atoms with Crippen molar-refractivity contribution < 1.29 is 28.7 Å². The fraction of sp³-hybridized carbons (Fsp3) is 0.778. The van der Waals surface area contributed by atoms with E-state index in [2.05, 4.69) is 43.0 Å². The lowest BCUT2D eigenvalue weighted by Crippen LogP contribution is -2.70. The molecule has 7 heteroatoms. The molecule has 8 atom stereocenters. The molecule has 0 radical (unpaired) electrons. The maximum atomic E-state index is 6.54. The van der Waals surface area contributed by atoms with Gasteiger partial charge >= 0.3 is 0 Å². The molecule has 0 aromatic heterocycles. The Morgan fingerprint density at radius 2 is 1.74 bits per heavy atom. The SMILES string of the molecule is C[C@H]1[C@@H](OCc2ccc(CN3CCOCC3)cc2)O[C@@H]2O[C@@]3(C)CC[C@H]4[C@H](C)CC[C@@H]1[C@@]24OO3. The molecule has 0 N–H and O–H groups in total. The molecule has 2 bridgehead atoms. The number of benzene rings is 1. The molecule has 7 nitrogen and oxygen atoms in total. The molecule has 1 aromatic carbocycles. The van der Waals surface area contributed by atoms with Crippen LogP contribution in [0.25, 0.3) is 0 Å². The molecule has 34 heavy (non-hydrogen) atoms. The van der Waals surface area contributed by atoms with E-state index in [9.17, 15) is 0 Å². The molecule has 5 heterocycles. The number of nitrogens with zero attached hydrogens (tertiary/aromatic N) is 1. The summed E-state index contributed by atoms with van der Waals surface area (Å²) in [6.45, 7) is 11.7. The number of fused-ring (bicyclic) bond motifs is 2. The first-order valence-corrected chi connectivity index (χ1v) is 13.2. The van der Waals surface area contributed by atoms with E-state index in [1.165, 1.54) is 12.0 Å². The van der Waals surface area contributed by atoms with Crippen LogP contribution >= 0.6 is 0 Å². The van der Waals surface area contributed by atoms with Crippen LogP contribution in [-0.2, 0) is 41.9 Å². The van der Waals surface area contributed by atoms with Crippen LogP contribution in [-0.4, -0.2) is 55.2 Å². The number of ether oxygens (including phenoxy) is 4. The first kappa shape index (κ1) is 23.3. The fourth-order valence-electron chi connectivity index (χ4n) is 7.00. The largest absolute Gasteiger partial charge is 0.379 e. The molecular formula is C27H39NO6. The van der Waals surface area contributed by atoms with Crippen LogP contribution in [0, 0.1) is 23.7 Å². The summed E-state index contributed by atoms with van der Waals surface area (Å²) in [7, 11) is 0. The van der Waals surface area contributed by atoms with Crippen molar-refractivity contribution in [1.29, 1.82) is 0 Å². The third kappa shape index (κ3) is 4.03. The van der Waals surface area contributed by atoms with Gasteiger partial charge < -0.3 is 18.9 Å². The van der Waals surface area contributed by atoms with Gasteiger partial charge in [-0.15, -0.1) is 0 Å². The van der Waals surface area contributed by atoms with Gasteiger partial charge in [0.25, 0.3) is 0 Å². The van der Waals surface area contributed by atoms with Crippen molar-refractivity contribution in [2.45, 2.75) is 83.6 Å². The lowest BCUT2D eigenvalue weighted by molar-refractivity contribution is -0.577. The minimum absolute atomic E-state index is 0.196. The summed E-state index contributed by atoms with van der Waals surface area (Å²) >= 11 is 0. The minimum atomic E-state index is -0.751. The lowest BCUT2D eigenvalue weighted by atomic mass is 9.58. The number of morpholine rings is 1. The van der Waals surface area contributed by atoms with Crippen LogP contribution in [0.2, 0.25) is 0 Å². The van der Waals surface area contributed by atoms with Gasteiger partial charge in [0, 0.05) is 37.9 Å². The number of hydrogen-bond acceptors (Lipinski definition) is 7. The van der Waals surface area contributed by atoms with Crippen molar-refractivity contribution in [3.8, 4) is 0 Å². The van der Waals surface area contributed by atoms with E-state index in [1.54, 1.807) is 0 Å². The molecular weight excluding hydrogens is 434 g/mol. The summed E-state index contributed by atoms with van der Waals surface area (Å²) < 4.78 is 24.8. The van der Waals surface area contributed by atoms with Crippen LogP contribution in [0.4, 0.5) is 0 Å². The Balaban J connectivity index is 1.13. The number of rotatable bonds is 5. The summed E-state index contributed by atoms with van der Waals surface area (Å²) in [6, 6.07) is 8.76. The molecule has 7 rings (SSSR count). The minimum Gasteiger partial charge on any atom is -0.379 e. The third-order valence-electron chi connectivity index (χ3n) is 9.04. The van der Waals surface area contributed by atoms with E-state index in [4.69, 9.17) is 28.7 Å². The van der Waals surface area contributed by atoms with E-state index in [1.807, 2.05) is 6.92 Å². The molecule has 1 aliphatic carbocycles. The van der Waals surface area contributed by atoms with Crippen molar-refractivity contribution in [2.75, 3.05) is 26.3 Å². The summed E-state index contributed by atoms with van der Waals surface area (Å²) in [5, 5.41) is 0. The van der Waals surface area contributed by atoms with Crippen LogP contribution < -0.4 is 0 Å². The van der Waals surface area contributed by atoms with Crippen molar-refractivity contribution in [3.05, 3.63) is 35.4 Å². The second kappa shape index (κ2) is 9.11. The predicted octanol–water partition coefficient (Wildman–Crippen LogP) is 4.24. The highest BCUT2D eigenvalue weighted by atomic mass is 17.3. The van der Waals surface area contributed by atoms with Crippen LogP contribution in [0.5, 0.6) is 0 Å². The van der Waals surface area contributed by atoms with Gasteiger partial charge in [-0.2, -0.15) is 0 Å². The van der Waals surface area contributed by atoms with Gasteiger partial charge in [-0.25, -0.2) is 9.78 Å². The molecule has 1 saturated carbocycles. The normalized spacial score (nSPS) is 44.4. The average molecular weight is 474 g/mol. The molecule has 5 saturated heterocycles. The van der Waals surface area contributed by atoms with E-state index < -0.39 is 17.7 Å². The molecule has 1 aromatic rings. The van der Waals surface area contributed by atoms with Gasteiger partial charge in [0.1, 0.15) is 0 Å². The summed E-state index contributed by atoms with van der Waals surface area (Å²) in [5.74, 6) is 0.676. The van der Waals surface area contributed by atoms with E-state index in [0.29, 0.717) is 18.4 Å². The fourth-order valence-corrected chi connectivity index (χ4v) is 7.00. The summed E-state index contributed by atoms with van der Waals surface area (Å²) in [4.78, 5) is 14.6. The highest BCUT2D eigenvalue weighted by Crippen LogP contribution is 2.60. The highest BCUT2D eigenvalue weighted by molar-refractivity contribution is 5.22. The smallest absolute Gasteiger partial charge is 0.201 e. The van der Waals surface area contributed by atoms with Gasteiger partial charge in [-0.3, -0.25) is 4.90 Å². The Hall–Kier alpha value is -1.06. The van der Waals surface area contributed by atoms with E-state index >= 15 is 0 Å². The van der Waals surface area contributed by atoms with E-state index in [-0.39, 0.29) is 18.1 Å². The first-order chi connectivity index (χ1) is 16.5. The highest BCUT2D eigenvalue weighted by Gasteiger charge is 2.69. The van der Waals surface area contributed by atoms with Gasteiger partial charge in [-0.1, -0.05) is 38.1 Å². The molecule has 6 aliphatic rings. The summed E-state index contributed by atoms with van der Waals surface area (Å²) in [5.41, 5.74) is 1.95. The van der Waals surface area contributed by atoms with Gasteiger partial charge in [0.2, 0.25) is 5.79 Å². The molecule has 0 unspecified atom stereocenters. The summed E-state index contributed by atoms with van der Waals surface area (Å²) in [6.07, 6.45) is 3.37. The monoisotopic (exact) mass is 473 g/mol. The topological polar surface area (TPSA) is 58.6 Å². The first-order valence-electron chi connectivity index (χ1n) is 13.2. The average Bonchev–Trinajstić information content (AvgIpc) is 3.08. The molecule has 0 amide bonds. The van der Waals surface area contributed by atoms with Crippen LogP contribution in [0.3, 0.4) is 0 Å². The van der Waals surface area contributed by atoms with Gasteiger partial charge in [0.15, 0.2) is 18.2 Å². The maximum Gasteiger partial charge on any atom is 0.201 e. The zero-order chi connectivity index (χ0) is 23.3. The lowest BCUT2D eigenvalue weighted by Gasteiger charge is -2.60. The zero-order valence-corrected chi connectivity index (χ0v) is 20.7. The van der Waals surface area contributed by atoms with Crippen molar-refractivity contribution in [2.24, 2.45) is 23.7 Å². The predicted molar refractivity (Wildman–Crippen MR) is 124 cm³/mol. The standard InChI is InChI=1S/C27H39NO6/c1-18-4-9-23-19(2)24(31-25-27(23)22(18)10-11-26(3,32-25)33-34-27)30-17-21-7-5-20(6-8-21)16-28-12-14-29-15-13-28/h5-8,18-19,22-25H,4,9-17H2,1-3H3/t18-,19-,22+,23+,24+,25-,26-,27-/m1/s1. The van der Waals surface area contributed by atoms with Gasteiger partial charge in [0.05, 0.1) is 19.8 Å². The maximum absolute atomic E-state index is 6.54. The Morgan fingerprint density at radius 3 is 2.53 bits per heavy atom. The Bertz CT molecular complexity index is 859. The van der Waals surface area contributed by atoms with Crippen molar-refractivity contribution in [3.63, 3.8) is 0 Å². The van der Waals surface area contributed by atoms with Gasteiger partial charge in [-0.05, 0) is 49.1 Å². The zero-order valence-electron chi connectivity index (χ0n) is 20.7. The Morgan fingerprint density at radius 1 is 0.971 bits per heavy atom. The third-order valence-corrected chi connectivity index (χ3v) is 9.04. The Labute approximate surface area is 202 Å². The van der Waals surface area contributed by atoms with E-state index in [0.717, 1.165) is 57.7 Å². The Kier molecular flexibility index (Phi) is 6.25. The molecule has 1 spiro atoms. The number of hydrogen-bond donors (Lipinski definition) is 0. The van der Waals surface area contributed by atoms with Crippen LogP contribution in [0.15, 0.2) is 24.3 Å². The molecule has 188 valence electrons. The molecule has 5 aliphatic heterocycles. The van der Waals surface area contributed by atoms with Crippen molar-refractivity contribution >= 4 is 0 Å². The van der Waals surface area contributed by atoms with Crippen LogP contribution in [0.1, 0.15) is 57.6 Å². The quantitative estimate of drug-likeness (QED) is 0.593. The molecule has 6 fully saturated rings.